The Morgan fingerprint density at radius 3 is 2.80 bits per heavy atom. The summed E-state index contributed by atoms with van der Waals surface area (Å²) in [5, 5.41) is 9.91. The lowest BCUT2D eigenvalue weighted by atomic mass is 10.2. The Kier molecular flexibility index (Phi) is 2.84. The predicted molar refractivity (Wildman–Crippen MR) is 52.8 cm³/mol. The van der Waals surface area contributed by atoms with Crippen molar-refractivity contribution < 1.29 is 9.42 Å². The molecule has 0 saturated heterocycles. The van der Waals surface area contributed by atoms with Gasteiger partial charge in [-0.3, -0.25) is 4.79 Å². The summed E-state index contributed by atoms with van der Waals surface area (Å²) < 4.78 is 4.41. The number of nitrogens with zero attached hydrogens (tertiary/aromatic N) is 2. The van der Waals surface area contributed by atoms with Gasteiger partial charge < -0.3 is 11.1 Å². The average molecular weight is 210 g/mol. The van der Waals surface area contributed by atoms with Crippen LogP contribution in [-0.4, -0.2) is 22.3 Å². The van der Waals surface area contributed by atoms with Gasteiger partial charge >= 0.3 is 0 Å². The van der Waals surface area contributed by atoms with Crippen LogP contribution in [0.3, 0.4) is 0 Å². The van der Waals surface area contributed by atoms with Crippen LogP contribution in [0.1, 0.15) is 31.4 Å². The summed E-state index contributed by atoms with van der Waals surface area (Å²) in [4.78, 5) is 11.5. The van der Waals surface area contributed by atoms with Gasteiger partial charge in [-0.05, 0) is 18.0 Å². The molecule has 6 nitrogen and oxygen atoms in total. The van der Waals surface area contributed by atoms with Gasteiger partial charge in [0.2, 0.25) is 5.91 Å². The van der Waals surface area contributed by atoms with Gasteiger partial charge in [-0.15, -0.1) is 0 Å². The Labute approximate surface area is 87.2 Å². The van der Waals surface area contributed by atoms with Gasteiger partial charge in [-0.2, -0.15) is 0 Å². The molecule has 3 N–H and O–H groups in total. The minimum Gasteiger partial charge on any atom is -0.379 e. The molecule has 0 atom stereocenters. The molecule has 1 aliphatic carbocycles. The lowest BCUT2D eigenvalue weighted by molar-refractivity contribution is -0.121. The summed E-state index contributed by atoms with van der Waals surface area (Å²) in [5.74, 6) is 0.126. The van der Waals surface area contributed by atoms with E-state index in [9.17, 15) is 4.79 Å². The van der Waals surface area contributed by atoms with Gasteiger partial charge in [0.25, 0.3) is 0 Å². The molecule has 1 aromatic rings. The molecule has 6 heteroatoms. The molecule has 0 unspecified atom stereocenters. The number of anilines is 1. The number of amides is 1. The molecule has 0 spiro atoms. The zero-order valence-corrected chi connectivity index (χ0v) is 8.40. The topological polar surface area (TPSA) is 94.0 Å². The van der Waals surface area contributed by atoms with E-state index in [-0.39, 0.29) is 18.1 Å². The molecule has 1 heterocycles. The van der Waals surface area contributed by atoms with Crippen molar-refractivity contribution in [2.24, 2.45) is 0 Å². The fraction of sp³-hybridized carbons (Fsp3) is 0.667. The molecular weight excluding hydrogens is 196 g/mol. The van der Waals surface area contributed by atoms with Gasteiger partial charge in [0.15, 0.2) is 5.82 Å². The molecule has 82 valence electrons. The van der Waals surface area contributed by atoms with E-state index < -0.39 is 0 Å². The minimum absolute atomic E-state index is 0.0655. The summed E-state index contributed by atoms with van der Waals surface area (Å²) in [6.07, 6.45) is 4.67. The molecule has 1 saturated carbocycles. The van der Waals surface area contributed by atoms with Gasteiger partial charge in [0.05, 0.1) is 6.42 Å². The van der Waals surface area contributed by atoms with Crippen molar-refractivity contribution in [2.45, 2.75) is 38.1 Å². The second-order valence-electron chi connectivity index (χ2n) is 3.82. The zero-order chi connectivity index (χ0) is 10.7. The summed E-state index contributed by atoms with van der Waals surface area (Å²) >= 11 is 0. The van der Waals surface area contributed by atoms with Crippen LogP contribution in [0.4, 0.5) is 5.82 Å². The van der Waals surface area contributed by atoms with E-state index in [1.54, 1.807) is 0 Å². The third kappa shape index (κ3) is 2.45. The van der Waals surface area contributed by atoms with Crippen LogP contribution < -0.4 is 11.1 Å². The van der Waals surface area contributed by atoms with Crippen molar-refractivity contribution in [3.8, 4) is 0 Å². The highest BCUT2D eigenvalue weighted by molar-refractivity contribution is 5.79. The lowest BCUT2D eigenvalue weighted by Gasteiger charge is -2.10. The molecule has 0 aromatic carbocycles. The second kappa shape index (κ2) is 4.29. The maximum Gasteiger partial charge on any atom is 0.226 e. The van der Waals surface area contributed by atoms with E-state index in [2.05, 4.69) is 20.3 Å². The van der Waals surface area contributed by atoms with E-state index in [0.717, 1.165) is 12.8 Å². The number of rotatable bonds is 3. The van der Waals surface area contributed by atoms with Crippen LogP contribution in [0.15, 0.2) is 4.63 Å². The largest absolute Gasteiger partial charge is 0.379 e. The van der Waals surface area contributed by atoms with Gasteiger partial charge in [-0.1, -0.05) is 18.0 Å². The molecule has 2 rings (SSSR count). The Morgan fingerprint density at radius 2 is 2.20 bits per heavy atom. The number of carbonyl (C=O) groups is 1. The highest BCUT2D eigenvalue weighted by atomic mass is 16.6. The smallest absolute Gasteiger partial charge is 0.226 e. The summed E-state index contributed by atoms with van der Waals surface area (Å²) in [6, 6.07) is 0.318. The number of nitrogens with two attached hydrogens (primary N) is 1. The molecule has 0 bridgehead atoms. The highest BCUT2D eigenvalue weighted by Gasteiger charge is 2.18. The fourth-order valence-corrected chi connectivity index (χ4v) is 1.84. The van der Waals surface area contributed by atoms with E-state index in [1.807, 2.05) is 0 Å². The Hall–Kier alpha value is -1.59. The van der Waals surface area contributed by atoms with Crippen molar-refractivity contribution in [1.82, 2.24) is 15.6 Å². The fourth-order valence-electron chi connectivity index (χ4n) is 1.84. The molecular formula is C9H14N4O2. The van der Waals surface area contributed by atoms with E-state index in [0.29, 0.717) is 11.7 Å². The SMILES string of the molecule is Nc1nonc1CC(=O)NC1CCCC1. The normalized spacial score (nSPS) is 16.8. The van der Waals surface area contributed by atoms with Gasteiger partial charge in [-0.25, -0.2) is 4.63 Å². The molecule has 0 radical (unpaired) electrons. The van der Waals surface area contributed by atoms with Crippen molar-refractivity contribution in [1.29, 1.82) is 0 Å². The minimum atomic E-state index is -0.0655. The summed E-state index contributed by atoms with van der Waals surface area (Å²) in [7, 11) is 0. The molecule has 1 aromatic heterocycles. The highest BCUT2D eigenvalue weighted by Crippen LogP contribution is 2.17. The Balaban J connectivity index is 1.84. The number of aromatic nitrogens is 2. The van der Waals surface area contributed by atoms with Crippen LogP contribution in [0, 0.1) is 0 Å². The van der Waals surface area contributed by atoms with Crippen LogP contribution in [0.5, 0.6) is 0 Å². The maximum absolute atomic E-state index is 11.5. The summed E-state index contributed by atoms with van der Waals surface area (Å²) in [5.41, 5.74) is 5.86. The number of nitrogen functional groups attached to an aromatic ring is 1. The first-order chi connectivity index (χ1) is 7.25. The maximum atomic E-state index is 11.5. The van der Waals surface area contributed by atoms with Crippen LogP contribution in [-0.2, 0) is 11.2 Å². The lowest BCUT2D eigenvalue weighted by Crippen LogP contribution is -2.33. The van der Waals surface area contributed by atoms with Gasteiger partial charge in [0, 0.05) is 6.04 Å². The predicted octanol–water partition coefficient (Wildman–Crippen LogP) is 0.253. The van der Waals surface area contributed by atoms with E-state index in [1.165, 1.54) is 12.8 Å². The Bertz CT molecular complexity index is 344. The van der Waals surface area contributed by atoms with Crippen LogP contribution in [0.2, 0.25) is 0 Å². The second-order valence-corrected chi connectivity index (χ2v) is 3.82. The van der Waals surface area contributed by atoms with Crippen molar-refractivity contribution in [3.05, 3.63) is 5.69 Å². The van der Waals surface area contributed by atoms with E-state index >= 15 is 0 Å². The third-order valence-corrected chi connectivity index (χ3v) is 2.63. The first kappa shape index (κ1) is 9.95. The van der Waals surface area contributed by atoms with E-state index in [4.69, 9.17) is 5.73 Å². The molecule has 1 aliphatic rings. The number of carbonyl (C=O) groups excluding carboxylic acids is 1. The number of hydrogen-bond acceptors (Lipinski definition) is 5. The van der Waals surface area contributed by atoms with Crippen LogP contribution >= 0.6 is 0 Å². The number of nitrogens with one attached hydrogen (secondary N) is 1. The molecule has 15 heavy (non-hydrogen) atoms. The van der Waals surface area contributed by atoms with Crippen molar-refractivity contribution in [2.75, 3.05) is 5.73 Å². The zero-order valence-electron chi connectivity index (χ0n) is 8.40. The standard InChI is InChI=1S/C9H14N4O2/c10-9-7(12-15-13-9)5-8(14)11-6-3-1-2-4-6/h6H,1-5H2,(H2,10,13)(H,11,14). The molecule has 1 fully saturated rings. The van der Waals surface area contributed by atoms with Crippen LogP contribution in [0.25, 0.3) is 0 Å². The first-order valence-corrected chi connectivity index (χ1v) is 5.12. The molecule has 1 amide bonds. The third-order valence-electron chi connectivity index (χ3n) is 2.63. The monoisotopic (exact) mass is 210 g/mol. The van der Waals surface area contributed by atoms with Crippen molar-refractivity contribution in [3.63, 3.8) is 0 Å². The van der Waals surface area contributed by atoms with Gasteiger partial charge in [0.1, 0.15) is 5.69 Å². The average Bonchev–Trinajstić information content (AvgIpc) is 2.79. The number of hydrogen-bond donors (Lipinski definition) is 2. The van der Waals surface area contributed by atoms with Crippen molar-refractivity contribution >= 4 is 11.7 Å². The quantitative estimate of drug-likeness (QED) is 0.746. The first-order valence-electron chi connectivity index (χ1n) is 5.12. The molecule has 0 aliphatic heterocycles. The Morgan fingerprint density at radius 1 is 1.47 bits per heavy atom. The summed E-state index contributed by atoms with van der Waals surface area (Å²) in [6.45, 7) is 0.